The van der Waals surface area contributed by atoms with Gasteiger partial charge in [-0.25, -0.2) is 18.2 Å². The minimum atomic E-state index is -1.71. The van der Waals surface area contributed by atoms with Crippen LogP contribution in [0.1, 0.15) is 40.1 Å². The Morgan fingerprint density at radius 3 is 2.81 bits per heavy atom. The number of hydrogen-bond acceptors (Lipinski definition) is 5. The van der Waals surface area contributed by atoms with Gasteiger partial charge in [0.25, 0.3) is 0 Å². The number of aldehydes is 1. The van der Waals surface area contributed by atoms with Crippen molar-refractivity contribution in [3.05, 3.63) is 52.6 Å². The van der Waals surface area contributed by atoms with Crippen molar-refractivity contribution < 1.29 is 22.7 Å². The molecule has 1 fully saturated rings. The van der Waals surface area contributed by atoms with Crippen LogP contribution in [-0.2, 0) is 24.9 Å². The molecule has 0 aliphatic carbocycles. The van der Waals surface area contributed by atoms with Crippen LogP contribution in [0.5, 0.6) is 0 Å². The summed E-state index contributed by atoms with van der Waals surface area (Å²) < 4.78 is 49.4. The summed E-state index contributed by atoms with van der Waals surface area (Å²) in [5.41, 5.74) is 7.62. The third-order valence-corrected chi connectivity index (χ3v) is 5.36. The molecule has 6 nitrogen and oxygen atoms in total. The van der Waals surface area contributed by atoms with Crippen LogP contribution in [0.15, 0.2) is 18.2 Å². The first-order valence-corrected chi connectivity index (χ1v) is 8.62. The van der Waals surface area contributed by atoms with Gasteiger partial charge < -0.3 is 15.0 Å². The average molecular weight is 380 g/mol. The van der Waals surface area contributed by atoms with Crippen LogP contribution < -0.4 is 5.73 Å². The molecule has 4 atom stereocenters. The Labute approximate surface area is 153 Å². The largest absolute Gasteiger partial charge is 0.337 e. The van der Waals surface area contributed by atoms with Crippen LogP contribution in [0.3, 0.4) is 0 Å². The van der Waals surface area contributed by atoms with Crippen LogP contribution in [0, 0.1) is 11.6 Å². The molecule has 1 aromatic carbocycles. The van der Waals surface area contributed by atoms with E-state index in [0.29, 0.717) is 25.2 Å². The van der Waals surface area contributed by atoms with Crippen LogP contribution in [-0.4, -0.2) is 39.2 Å². The number of alkyl halides is 1. The molecular formula is C18H19F3N4O2. The van der Waals surface area contributed by atoms with Gasteiger partial charge in [0.1, 0.15) is 17.7 Å². The first-order chi connectivity index (χ1) is 12.9. The molecule has 1 saturated heterocycles. The second-order valence-corrected chi connectivity index (χ2v) is 6.99. The topological polar surface area (TPSA) is 73.4 Å². The Balaban J connectivity index is 1.51. The number of carbonyl (C=O) groups excluding carboxylic acids is 1. The fourth-order valence-electron chi connectivity index (χ4n) is 3.91. The molecule has 0 saturated carbocycles. The summed E-state index contributed by atoms with van der Waals surface area (Å²) in [4.78, 5) is 17.1. The summed E-state index contributed by atoms with van der Waals surface area (Å²) in [5.74, 6) is -0.983. The van der Waals surface area contributed by atoms with E-state index in [2.05, 4.69) is 4.98 Å². The Bertz CT molecular complexity index is 888. The summed E-state index contributed by atoms with van der Waals surface area (Å²) >= 11 is 0. The molecule has 2 aliphatic rings. The lowest BCUT2D eigenvalue weighted by Gasteiger charge is -2.40. The highest BCUT2D eigenvalue weighted by Gasteiger charge is 2.43. The third kappa shape index (κ3) is 3.05. The highest BCUT2D eigenvalue weighted by Crippen LogP contribution is 2.37. The van der Waals surface area contributed by atoms with Gasteiger partial charge in [-0.2, -0.15) is 0 Å². The average Bonchev–Trinajstić information content (AvgIpc) is 3.18. The number of aromatic nitrogens is 2. The quantitative estimate of drug-likeness (QED) is 0.825. The number of carbonyl (C=O) groups is 1. The van der Waals surface area contributed by atoms with Crippen molar-refractivity contribution in [2.24, 2.45) is 12.8 Å². The Kier molecular flexibility index (Phi) is 4.53. The molecule has 0 amide bonds. The zero-order chi connectivity index (χ0) is 19.3. The van der Waals surface area contributed by atoms with Gasteiger partial charge in [-0.1, -0.05) is 0 Å². The minimum Gasteiger partial charge on any atom is -0.337 e. The first-order valence-electron chi connectivity index (χ1n) is 8.62. The number of nitrogens with zero attached hydrogens (tertiary/aromatic N) is 3. The molecule has 0 bridgehead atoms. The fraction of sp³-hybridized carbons (Fsp3) is 0.444. The molecule has 0 radical (unpaired) electrons. The number of fused-ring (bicyclic) bond motifs is 1. The van der Waals surface area contributed by atoms with E-state index in [0.717, 1.165) is 29.6 Å². The van der Waals surface area contributed by atoms with Crippen molar-refractivity contribution in [2.75, 3.05) is 0 Å². The number of halogens is 3. The lowest BCUT2D eigenvalue weighted by atomic mass is 9.93. The maximum atomic E-state index is 14.8. The summed E-state index contributed by atoms with van der Waals surface area (Å²) in [6.07, 6.45) is -1.87. The Hall–Kier alpha value is -2.23. The van der Waals surface area contributed by atoms with Gasteiger partial charge in [-0.05, 0) is 24.6 Å². The van der Waals surface area contributed by atoms with E-state index in [1.807, 2.05) is 4.90 Å². The molecule has 0 spiro atoms. The number of rotatable bonds is 3. The predicted octanol–water partition coefficient (Wildman–Crippen LogP) is 1.98. The summed E-state index contributed by atoms with van der Waals surface area (Å²) in [6, 6.07) is 1.63. The molecule has 1 aromatic heterocycles. The molecule has 2 N–H and O–H groups in total. The van der Waals surface area contributed by atoms with E-state index in [1.165, 1.54) is 0 Å². The van der Waals surface area contributed by atoms with Crippen molar-refractivity contribution in [1.82, 2.24) is 14.5 Å². The van der Waals surface area contributed by atoms with Crippen molar-refractivity contribution >= 4 is 6.29 Å². The third-order valence-electron chi connectivity index (χ3n) is 5.36. The van der Waals surface area contributed by atoms with Crippen LogP contribution in [0.4, 0.5) is 13.2 Å². The van der Waals surface area contributed by atoms with Gasteiger partial charge in [0.05, 0.1) is 17.4 Å². The molecule has 3 heterocycles. The van der Waals surface area contributed by atoms with Crippen molar-refractivity contribution in [3.63, 3.8) is 0 Å². The zero-order valence-corrected chi connectivity index (χ0v) is 14.6. The first kappa shape index (κ1) is 18.1. The SMILES string of the molecule is Cn1c(C=O)nc2c1CN(C1CC(N)[C@@H](c3cc(F)ccc3F)O[C@@H]1F)C2. The molecule has 9 heteroatoms. The van der Waals surface area contributed by atoms with E-state index in [4.69, 9.17) is 10.5 Å². The second kappa shape index (κ2) is 6.74. The minimum absolute atomic E-state index is 0.0781. The van der Waals surface area contributed by atoms with Crippen molar-refractivity contribution in [3.8, 4) is 0 Å². The summed E-state index contributed by atoms with van der Waals surface area (Å²) in [5, 5.41) is 0. The van der Waals surface area contributed by atoms with E-state index >= 15 is 0 Å². The molecule has 2 aliphatic heterocycles. The smallest absolute Gasteiger partial charge is 0.215 e. The van der Waals surface area contributed by atoms with E-state index in [9.17, 15) is 18.0 Å². The van der Waals surface area contributed by atoms with Crippen LogP contribution in [0.2, 0.25) is 0 Å². The summed E-state index contributed by atoms with van der Waals surface area (Å²) in [7, 11) is 1.73. The maximum Gasteiger partial charge on any atom is 0.215 e. The summed E-state index contributed by atoms with van der Waals surface area (Å²) in [6.45, 7) is 0.782. The molecule has 2 unspecified atom stereocenters. The lowest BCUT2D eigenvalue weighted by molar-refractivity contribution is -0.171. The monoisotopic (exact) mass is 380 g/mol. The van der Waals surface area contributed by atoms with Crippen molar-refractivity contribution in [2.45, 2.75) is 44.1 Å². The normalized spacial score (nSPS) is 28.3. The standard InChI is InChI=1S/C18H19F3N4O2/c1-24-15-7-25(6-13(15)23-16(24)8-26)14-5-12(22)17(27-18(14)21)10-4-9(19)2-3-11(10)20/h2-4,8,12,14,17-18H,5-7,22H2,1H3/t12?,14?,17-,18+/m1/s1. The highest BCUT2D eigenvalue weighted by molar-refractivity contribution is 5.70. The van der Waals surface area contributed by atoms with E-state index in [-0.39, 0.29) is 12.0 Å². The fourth-order valence-corrected chi connectivity index (χ4v) is 3.91. The van der Waals surface area contributed by atoms with E-state index in [1.54, 1.807) is 11.6 Å². The zero-order valence-electron chi connectivity index (χ0n) is 14.6. The predicted molar refractivity (Wildman–Crippen MR) is 89.3 cm³/mol. The molecule has 4 rings (SSSR count). The van der Waals surface area contributed by atoms with Crippen molar-refractivity contribution in [1.29, 1.82) is 0 Å². The van der Waals surface area contributed by atoms with Gasteiger partial charge in [0.15, 0.2) is 12.1 Å². The van der Waals surface area contributed by atoms with Crippen LogP contribution in [0.25, 0.3) is 0 Å². The van der Waals surface area contributed by atoms with Gasteiger partial charge >= 0.3 is 0 Å². The molecule has 27 heavy (non-hydrogen) atoms. The number of hydrogen-bond donors (Lipinski definition) is 1. The number of ether oxygens (including phenoxy) is 1. The van der Waals surface area contributed by atoms with Gasteiger partial charge in [0, 0.05) is 31.7 Å². The van der Waals surface area contributed by atoms with Gasteiger partial charge in [0.2, 0.25) is 6.36 Å². The number of benzene rings is 1. The van der Waals surface area contributed by atoms with Gasteiger partial charge in [-0.3, -0.25) is 9.69 Å². The van der Waals surface area contributed by atoms with Crippen LogP contribution >= 0.6 is 0 Å². The number of nitrogens with two attached hydrogens (primary N) is 1. The maximum absolute atomic E-state index is 14.8. The number of imidazole rings is 1. The van der Waals surface area contributed by atoms with E-state index < -0.39 is 36.2 Å². The second-order valence-electron chi connectivity index (χ2n) is 6.99. The van der Waals surface area contributed by atoms with Gasteiger partial charge in [-0.15, -0.1) is 0 Å². The Morgan fingerprint density at radius 1 is 1.33 bits per heavy atom. The molecule has 2 aromatic rings. The highest BCUT2D eigenvalue weighted by atomic mass is 19.1. The lowest BCUT2D eigenvalue weighted by Crippen LogP contribution is -2.51. The molecular weight excluding hydrogens is 361 g/mol. The Morgan fingerprint density at radius 2 is 2.11 bits per heavy atom. The molecule has 144 valence electrons.